The number of nitrogens with one attached hydrogen (secondary N) is 1. The van der Waals surface area contributed by atoms with Crippen molar-refractivity contribution in [3.05, 3.63) is 48.0 Å². The van der Waals surface area contributed by atoms with Gasteiger partial charge in [-0.15, -0.1) is 0 Å². The minimum atomic E-state index is -0.0382. The van der Waals surface area contributed by atoms with Crippen molar-refractivity contribution in [1.29, 1.82) is 0 Å². The van der Waals surface area contributed by atoms with Crippen LogP contribution in [0.2, 0.25) is 0 Å². The summed E-state index contributed by atoms with van der Waals surface area (Å²) in [6, 6.07) is 13.7. The lowest BCUT2D eigenvalue weighted by molar-refractivity contribution is 0.0688. The number of benzene rings is 2. The van der Waals surface area contributed by atoms with Crippen molar-refractivity contribution >= 4 is 16.7 Å². The molecule has 0 saturated heterocycles. The topological polar surface area (TPSA) is 47.6 Å². The maximum Gasteiger partial charge on any atom is 0.251 e. The van der Waals surface area contributed by atoms with Gasteiger partial charge in [0.05, 0.1) is 13.2 Å². The molecule has 0 unspecified atom stereocenters. The summed E-state index contributed by atoms with van der Waals surface area (Å²) in [4.78, 5) is 12.2. The van der Waals surface area contributed by atoms with Crippen LogP contribution in [-0.2, 0) is 9.47 Å². The second-order valence-electron chi connectivity index (χ2n) is 4.74. The third kappa shape index (κ3) is 4.55. The Morgan fingerprint density at radius 3 is 2.71 bits per heavy atom. The Morgan fingerprint density at radius 2 is 1.86 bits per heavy atom. The van der Waals surface area contributed by atoms with Gasteiger partial charge < -0.3 is 14.8 Å². The van der Waals surface area contributed by atoms with Gasteiger partial charge in [-0.05, 0) is 23.3 Å². The van der Waals surface area contributed by atoms with Crippen LogP contribution in [0.25, 0.3) is 10.8 Å². The number of carbonyl (C=O) groups excluding carboxylic acids is 1. The lowest BCUT2D eigenvalue weighted by Gasteiger charge is -2.08. The van der Waals surface area contributed by atoms with Gasteiger partial charge in [-0.1, -0.05) is 36.4 Å². The molecular weight excluding hydrogens is 266 g/mol. The molecule has 4 nitrogen and oxygen atoms in total. The first kappa shape index (κ1) is 15.5. The minimum Gasteiger partial charge on any atom is -0.382 e. The van der Waals surface area contributed by atoms with Crippen LogP contribution in [0.4, 0.5) is 0 Å². The summed E-state index contributed by atoms with van der Waals surface area (Å²) in [5.74, 6) is -0.0382. The van der Waals surface area contributed by atoms with Crippen LogP contribution in [0.1, 0.15) is 16.8 Å². The molecule has 0 heterocycles. The molecule has 0 bridgehead atoms. The van der Waals surface area contributed by atoms with E-state index in [-0.39, 0.29) is 5.91 Å². The van der Waals surface area contributed by atoms with Crippen molar-refractivity contribution in [1.82, 2.24) is 5.32 Å². The van der Waals surface area contributed by atoms with E-state index in [2.05, 4.69) is 5.32 Å². The van der Waals surface area contributed by atoms with Crippen LogP contribution >= 0.6 is 0 Å². The largest absolute Gasteiger partial charge is 0.382 e. The van der Waals surface area contributed by atoms with Crippen LogP contribution < -0.4 is 5.32 Å². The van der Waals surface area contributed by atoms with Crippen LogP contribution in [0.5, 0.6) is 0 Å². The molecule has 2 aromatic rings. The summed E-state index contributed by atoms with van der Waals surface area (Å²) in [6.07, 6.45) is 0.792. The lowest BCUT2D eigenvalue weighted by Crippen LogP contribution is -2.25. The molecule has 2 rings (SSSR count). The fourth-order valence-corrected chi connectivity index (χ4v) is 2.14. The molecule has 0 aliphatic heterocycles. The van der Waals surface area contributed by atoms with Gasteiger partial charge in [-0.3, -0.25) is 4.79 Å². The zero-order valence-corrected chi connectivity index (χ0v) is 12.3. The number of rotatable bonds is 8. The van der Waals surface area contributed by atoms with Gasteiger partial charge in [-0.2, -0.15) is 0 Å². The lowest BCUT2D eigenvalue weighted by atomic mass is 10.0. The second kappa shape index (κ2) is 8.39. The maximum atomic E-state index is 12.2. The first-order valence-corrected chi connectivity index (χ1v) is 7.15. The van der Waals surface area contributed by atoms with Crippen molar-refractivity contribution < 1.29 is 14.3 Å². The van der Waals surface area contributed by atoms with E-state index in [4.69, 9.17) is 9.47 Å². The molecule has 2 aromatic carbocycles. The van der Waals surface area contributed by atoms with E-state index < -0.39 is 0 Å². The Bertz CT molecular complexity index is 578. The van der Waals surface area contributed by atoms with Crippen molar-refractivity contribution in [3.63, 3.8) is 0 Å². The molecule has 0 fully saturated rings. The highest BCUT2D eigenvalue weighted by atomic mass is 16.5. The van der Waals surface area contributed by atoms with Crippen LogP contribution in [0.3, 0.4) is 0 Å². The number of amides is 1. The highest BCUT2D eigenvalue weighted by molar-refractivity contribution is 6.06. The van der Waals surface area contributed by atoms with Crippen molar-refractivity contribution in [2.24, 2.45) is 0 Å². The Balaban J connectivity index is 1.83. The monoisotopic (exact) mass is 287 g/mol. The molecule has 0 saturated carbocycles. The van der Waals surface area contributed by atoms with E-state index in [1.807, 2.05) is 42.5 Å². The molecular formula is C17H21NO3. The first-order chi connectivity index (χ1) is 10.3. The van der Waals surface area contributed by atoms with Gasteiger partial charge in [0, 0.05) is 25.8 Å². The molecule has 0 atom stereocenters. The van der Waals surface area contributed by atoms with E-state index in [0.29, 0.717) is 31.9 Å². The number of hydrogen-bond acceptors (Lipinski definition) is 3. The van der Waals surface area contributed by atoms with E-state index in [1.54, 1.807) is 7.11 Å². The highest BCUT2D eigenvalue weighted by Gasteiger charge is 2.08. The molecule has 0 aromatic heterocycles. The predicted octanol–water partition coefficient (Wildman–Crippen LogP) is 2.62. The second-order valence-corrected chi connectivity index (χ2v) is 4.74. The van der Waals surface area contributed by atoms with Crippen molar-refractivity contribution in [2.75, 3.05) is 33.5 Å². The molecule has 21 heavy (non-hydrogen) atoms. The Hall–Kier alpha value is -1.91. The quantitative estimate of drug-likeness (QED) is 0.759. The molecule has 112 valence electrons. The predicted molar refractivity (Wildman–Crippen MR) is 83.6 cm³/mol. The van der Waals surface area contributed by atoms with Gasteiger partial charge in [0.2, 0.25) is 0 Å². The molecule has 0 aliphatic carbocycles. The van der Waals surface area contributed by atoms with Crippen molar-refractivity contribution in [3.8, 4) is 0 Å². The van der Waals surface area contributed by atoms with Gasteiger partial charge in [0.25, 0.3) is 5.91 Å². The van der Waals surface area contributed by atoms with Crippen molar-refractivity contribution in [2.45, 2.75) is 6.42 Å². The third-order valence-electron chi connectivity index (χ3n) is 3.22. The zero-order chi connectivity index (χ0) is 14.9. The summed E-state index contributed by atoms with van der Waals surface area (Å²) >= 11 is 0. The Morgan fingerprint density at radius 1 is 1.05 bits per heavy atom. The molecule has 1 amide bonds. The SMILES string of the molecule is COCCOCCCNC(=O)c1cccc2ccccc12. The zero-order valence-electron chi connectivity index (χ0n) is 12.3. The first-order valence-electron chi connectivity index (χ1n) is 7.15. The smallest absolute Gasteiger partial charge is 0.251 e. The number of methoxy groups -OCH3 is 1. The fraction of sp³-hybridized carbons (Fsp3) is 0.353. The van der Waals surface area contributed by atoms with E-state index in [9.17, 15) is 4.79 Å². The maximum absolute atomic E-state index is 12.2. The van der Waals surface area contributed by atoms with Crippen LogP contribution in [0, 0.1) is 0 Å². The fourth-order valence-electron chi connectivity index (χ4n) is 2.14. The molecule has 0 aliphatic rings. The number of ether oxygens (including phenoxy) is 2. The van der Waals surface area contributed by atoms with Gasteiger partial charge in [0.1, 0.15) is 0 Å². The van der Waals surface area contributed by atoms with E-state index in [0.717, 1.165) is 17.2 Å². The third-order valence-corrected chi connectivity index (χ3v) is 3.22. The highest BCUT2D eigenvalue weighted by Crippen LogP contribution is 2.18. The number of fused-ring (bicyclic) bond motifs is 1. The average molecular weight is 287 g/mol. The Labute approximate surface area is 125 Å². The summed E-state index contributed by atoms with van der Waals surface area (Å²) in [5.41, 5.74) is 0.716. The van der Waals surface area contributed by atoms with Gasteiger partial charge >= 0.3 is 0 Å². The van der Waals surface area contributed by atoms with Gasteiger partial charge in [0.15, 0.2) is 0 Å². The van der Waals surface area contributed by atoms with Crippen LogP contribution in [0.15, 0.2) is 42.5 Å². The average Bonchev–Trinajstić information content (AvgIpc) is 2.53. The summed E-state index contributed by atoms with van der Waals surface area (Å²) in [7, 11) is 1.65. The number of carbonyl (C=O) groups is 1. The van der Waals surface area contributed by atoms with E-state index >= 15 is 0 Å². The van der Waals surface area contributed by atoms with Gasteiger partial charge in [-0.25, -0.2) is 0 Å². The molecule has 4 heteroatoms. The van der Waals surface area contributed by atoms with E-state index in [1.165, 1.54) is 0 Å². The summed E-state index contributed by atoms with van der Waals surface area (Å²) < 4.78 is 10.2. The minimum absolute atomic E-state index is 0.0382. The van der Waals surface area contributed by atoms with Crippen LogP contribution in [-0.4, -0.2) is 39.4 Å². The summed E-state index contributed by atoms with van der Waals surface area (Å²) in [6.45, 7) is 2.42. The number of hydrogen-bond donors (Lipinski definition) is 1. The molecule has 0 radical (unpaired) electrons. The normalized spacial score (nSPS) is 10.7. The Kier molecular flexibility index (Phi) is 6.19. The molecule has 1 N–H and O–H groups in total. The standard InChI is InChI=1S/C17H21NO3/c1-20-12-13-21-11-5-10-18-17(19)16-9-4-7-14-6-2-3-8-15(14)16/h2-4,6-9H,5,10-13H2,1H3,(H,18,19). The summed E-state index contributed by atoms with van der Waals surface area (Å²) in [5, 5.41) is 4.99. The molecule has 0 spiro atoms.